The summed E-state index contributed by atoms with van der Waals surface area (Å²) in [5, 5.41) is 8.16. The van der Waals surface area contributed by atoms with Gasteiger partial charge in [-0.3, -0.25) is 9.30 Å². The molecule has 7 nitrogen and oxygen atoms in total. The van der Waals surface area contributed by atoms with E-state index in [0.717, 1.165) is 31.2 Å². The highest BCUT2D eigenvalue weighted by Gasteiger charge is 2.32. The summed E-state index contributed by atoms with van der Waals surface area (Å²) in [5.41, 5.74) is 2.03. The van der Waals surface area contributed by atoms with Gasteiger partial charge >= 0.3 is 0 Å². The van der Waals surface area contributed by atoms with Crippen LogP contribution in [-0.2, 0) is 4.74 Å². The Morgan fingerprint density at radius 3 is 2.96 bits per heavy atom. The highest BCUT2D eigenvalue weighted by Crippen LogP contribution is 2.29. The van der Waals surface area contributed by atoms with Crippen molar-refractivity contribution in [1.82, 2.24) is 24.5 Å². The molecular formula is C18H22N6O. The highest BCUT2D eigenvalue weighted by atomic mass is 16.5. The van der Waals surface area contributed by atoms with Crippen LogP contribution in [-0.4, -0.2) is 64.4 Å². The summed E-state index contributed by atoms with van der Waals surface area (Å²) in [7, 11) is 4.18. The zero-order chi connectivity index (χ0) is 17.2. The van der Waals surface area contributed by atoms with Gasteiger partial charge in [-0.1, -0.05) is 30.3 Å². The number of fused-ring (bicyclic) bond motifs is 1. The molecule has 3 aromatic rings. The van der Waals surface area contributed by atoms with Crippen LogP contribution in [0.2, 0.25) is 0 Å². The molecule has 25 heavy (non-hydrogen) atoms. The van der Waals surface area contributed by atoms with Gasteiger partial charge in [0.1, 0.15) is 6.33 Å². The third kappa shape index (κ3) is 3.08. The molecule has 3 heterocycles. The summed E-state index contributed by atoms with van der Waals surface area (Å²) in [6, 6.07) is 10.8. The number of morpholine rings is 1. The van der Waals surface area contributed by atoms with Crippen molar-refractivity contribution in [1.29, 1.82) is 0 Å². The number of hydrogen-bond acceptors (Lipinski definition) is 6. The first-order valence-corrected chi connectivity index (χ1v) is 8.46. The van der Waals surface area contributed by atoms with Gasteiger partial charge in [0.05, 0.1) is 18.8 Å². The van der Waals surface area contributed by atoms with E-state index in [4.69, 9.17) is 4.74 Å². The van der Waals surface area contributed by atoms with Crippen LogP contribution in [0, 0.1) is 0 Å². The minimum Gasteiger partial charge on any atom is -0.373 e. The van der Waals surface area contributed by atoms with Crippen molar-refractivity contribution >= 4 is 11.5 Å². The molecular weight excluding hydrogens is 316 g/mol. The predicted octanol–water partition coefficient (Wildman–Crippen LogP) is 1.63. The number of nitrogens with zero attached hydrogens (tertiary/aromatic N) is 6. The van der Waals surface area contributed by atoms with Gasteiger partial charge in [-0.2, -0.15) is 0 Å². The number of likely N-dealkylation sites (N-methyl/N-ethyl adjacent to an activating group) is 2. The van der Waals surface area contributed by atoms with Gasteiger partial charge in [0.2, 0.25) is 5.65 Å². The lowest BCUT2D eigenvalue weighted by Gasteiger charge is -2.41. The molecule has 1 aliphatic rings. The fourth-order valence-corrected chi connectivity index (χ4v) is 3.50. The van der Waals surface area contributed by atoms with E-state index < -0.39 is 0 Å². The maximum atomic E-state index is 6.15. The summed E-state index contributed by atoms with van der Waals surface area (Å²) in [6.45, 7) is 2.39. The zero-order valence-corrected chi connectivity index (χ0v) is 14.5. The third-order valence-electron chi connectivity index (χ3n) is 4.76. The van der Waals surface area contributed by atoms with Gasteiger partial charge in [0.15, 0.2) is 5.82 Å². The number of anilines is 1. The van der Waals surface area contributed by atoms with Crippen molar-refractivity contribution < 1.29 is 4.74 Å². The van der Waals surface area contributed by atoms with Crippen LogP contribution in [0.4, 0.5) is 5.82 Å². The molecule has 0 N–H and O–H groups in total. The molecule has 0 saturated carbocycles. The van der Waals surface area contributed by atoms with E-state index in [9.17, 15) is 0 Å². The summed E-state index contributed by atoms with van der Waals surface area (Å²) < 4.78 is 8.02. The first kappa shape index (κ1) is 16.0. The van der Waals surface area contributed by atoms with Gasteiger partial charge in [-0.25, -0.2) is 4.98 Å². The number of benzene rings is 1. The average molecular weight is 338 g/mol. The second-order valence-electron chi connectivity index (χ2n) is 6.44. The van der Waals surface area contributed by atoms with Gasteiger partial charge < -0.3 is 9.64 Å². The molecule has 1 fully saturated rings. The number of rotatable bonds is 4. The summed E-state index contributed by atoms with van der Waals surface area (Å²) in [6.07, 6.45) is 5.36. The minimum absolute atomic E-state index is 0.0520. The van der Waals surface area contributed by atoms with Crippen molar-refractivity contribution in [2.75, 3.05) is 38.7 Å². The van der Waals surface area contributed by atoms with Crippen molar-refractivity contribution in [2.24, 2.45) is 0 Å². The topological polar surface area (TPSA) is 58.8 Å². The molecule has 0 radical (unpaired) electrons. The second-order valence-corrected chi connectivity index (χ2v) is 6.44. The lowest BCUT2D eigenvalue weighted by Crippen LogP contribution is -2.48. The van der Waals surface area contributed by atoms with Crippen LogP contribution in [0.3, 0.4) is 0 Å². The SMILES string of the molecule is CN(C[C@@H]1OCCN(C)[C@H]1c1ccccc1)c1nccn2cnnc12. The largest absolute Gasteiger partial charge is 0.373 e. The van der Waals surface area contributed by atoms with Gasteiger partial charge in [0, 0.05) is 32.5 Å². The fraction of sp³-hybridized carbons (Fsp3) is 0.389. The fourth-order valence-electron chi connectivity index (χ4n) is 3.50. The van der Waals surface area contributed by atoms with Crippen molar-refractivity contribution in [2.45, 2.75) is 12.1 Å². The second kappa shape index (κ2) is 6.78. The van der Waals surface area contributed by atoms with E-state index >= 15 is 0 Å². The van der Waals surface area contributed by atoms with E-state index in [-0.39, 0.29) is 12.1 Å². The zero-order valence-electron chi connectivity index (χ0n) is 14.5. The maximum Gasteiger partial charge on any atom is 0.203 e. The molecule has 0 amide bonds. The quantitative estimate of drug-likeness (QED) is 0.721. The normalized spacial score (nSPS) is 21.5. The Morgan fingerprint density at radius 2 is 2.12 bits per heavy atom. The van der Waals surface area contributed by atoms with Crippen LogP contribution in [0.1, 0.15) is 11.6 Å². The molecule has 1 saturated heterocycles. The Kier molecular flexibility index (Phi) is 4.33. The Bertz CT molecular complexity index is 836. The number of ether oxygens (including phenoxy) is 1. The van der Waals surface area contributed by atoms with Crippen LogP contribution in [0.25, 0.3) is 5.65 Å². The Morgan fingerprint density at radius 1 is 1.28 bits per heavy atom. The molecule has 130 valence electrons. The van der Waals surface area contributed by atoms with Crippen molar-refractivity contribution in [3.8, 4) is 0 Å². The van der Waals surface area contributed by atoms with Crippen LogP contribution < -0.4 is 4.90 Å². The van der Waals surface area contributed by atoms with Gasteiger partial charge in [-0.15, -0.1) is 10.2 Å². The maximum absolute atomic E-state index is 6.15. The molecule has 0 spiro atoms. The Balaban J connectivity index is 1.60. The molecule has 0 bridgehead atoms. The molecule has 2 aromatic heterocycles. The summed E-state index contributed by atoms with van der Waals surface area (Å²) >= 11 is 0. The standard InChI is InChI=1S/C18H22N6O/c1-22-10-11-25-15(16(22)14-6-4-3-5-7-14)12-23(2)17-18-21-20-13-24(18)9-8-19-17/h3-9,13,15-16H,10-12H2,1-2H3/t15-,16-/m0/s1. The highest BCUT2D eigenvalue weighted by molar-refractivity contribution is 5.62. The molecule has 1 aromatic carbocycles. The molecule has 7 heteroatoms. The Labute approximate surface area is 146 Å². The Hall–Kier alpha value is -2.51. The summed E-state index contributed by atoms with van der Waals surface area (Å²) in [5.74, 6) is 0.809. The van der Waals surface area contributed by atoms with E-state index in [1.807, 2.05) is 23.7 Å². The molecule has 0 aliphatic carbocycles. The minimum atomic E-state index is 0.0520. The first-order valence-electron chi connectivity index (χ1n) is 8.46. The van der Waals surface area contributed by atoms with Crippen molar-refractivity contribution in [3.63, 3.8) is 0 Å². The molecule has 4 rings (SSSR count). The van der Waals surface area contributed by atoms with E-state index in [2.05, 4.69) is 56.3 Å². The van der Waals surface area contributed by atoms with E-state index in [0.29, 0.717) is 0 Å². The molecule has 0 unspecified atom stereocenters. The average Bonchev–Trinajstić information content (AvgIpc) is 3.11. The monoisotopic (exact) mass is 338 g/mol. The van der Waals surface area contributed by atoms with E-state index in [1.165, 1.54) is 5.56 Å². The van der Waals surface area contributed by atoms with Crippen molar-refractivity contribution in [3.05, 3.63) is 54.6 Å². The number of hydrogen-bond donors (Lipinski definition) is 0. The van der Waals surface area contributed by atoms with Crippen LogP contribution >= 0.6 is 0 Å². The lowest BCUT2D eigenvalue weighted by molar-refractivity contribution is -0.0580. The van der Waals surface area contributed by atoms with Crippen LogP contribution in [0.15, 0.2) is 49.1 Å². The van der Waals surface area contributed by atoms with E-state index in [1.54, 1.807) is 12.5 Å². The van der Waals surface area contributed by atoms with Crippen LogP contribution in [0.5, 0.6) is 0 Å². The van der Waals surface area contributed by atoms with Gasteiger partial charge in [0.25, 0.3) is 0 Å². The smallest absolute Gasteiger partial charge is 0.203 e. The first-order chi connectivity index (χ1) is 12.2. The molecule has 2 atom stereocenters. The molecule has 1 aliphatic heterocycles. The van der Waals surface area contributed by atoms with Gasteiger partial charge in [-0.05, 0) is 12.6 Å². The number of aromatic nitrogens is 4. The predicted molar refractivity (Wildman–Crippen MR) is 95.6 cm³/mol. The summed E-state index contributed by atoms with van der Waals surface area (Å²) in [4.78, 5) is 8.96. The third-order valence-corrected chi connectivity index (χ3v) is 4.76. The lowest BCUT2D eigenvalue weighted by atomic mass is 9.98.